The van der Waals surface area contributed by atoms with Gasteiger partial charge in [-0.05, 0) is 41.8 Å². The average molecular weight is 392 g/mol. The van der Waals surface area contributed by atoms with E-state index in [1.165, 1.54) is 0 Å². The zero-order valence-electron chi connectivity index (χ0n) is 15.2. The SMILES string of the molecule is NC(=O)CCc1ccc2c(c1)ncn2-c1cccc(COCc2nccs2)c1. The molecule has 28 heavy (non-hydrogen) atoms. The molecule has 0 spiro atoms. The molecule has 0 fully saturated rings. The van der Waals surface area contributed by atoms with Gasteiger partial charge in [0.1, 0.15) is 11.3 Å². The van der Waals surface area contributed by atoms with Crippen LogP contribution in [0.4, 0.5) is 0 Å². The summed E-state index contributed by atoms with van der Waals surface area (Å²) in [5.74, 6) is -0.292. The van der Waals surface area contributed by atoms with Crippen LogP contribution < -0.4 is 5.73 Å². The lowest BCUT2D eigenvalue weighted by molar-refractivity contribution is -0.117. The fourth-order valence-electron chi connectivity index (χ4n) is 3.06. The lowest BCUT2D eigenvalue weighted by atomic mass is 10.1. The number of nitrogens with zero attached hydrogens (tertiary/aromatic N) is 3. The van der Waals surface area contributed by atoms with Gasteiger partial charge >= 0.3 is 0 Å². The van der Waals surface area contributed by atoms with Crippen molar-refractivity contribution in [3.8, 4) is 5.69 Å². The summed E-state index contributed by atoms with van der Waals surface area (Å²) in [7, 11) is 0. The second-order valence-electron chi connectivity index (χ2n) is 6.49. The predicted octanol–water partition coefficient (Wildman–Crippen LogP) is 3.62. The van der Waals surface area contributed by atoms with Gasteiger partial charge in [0.2, 0.25) is 5.91 Å². The first-order chi connectivity index (χ1) is 13.7. The summed E-state index contributed by atoms with van der Waals surface area (Å²) in [6, 6.07) is 14.3. The summed E-state index contributed by atoms with van der Waals surface area (Å²) in [5, 5.41) is 2.92. The summed E-state index contributed by atoms with van der Waals surface area (Å²) in [5.41, 5.74) is 10.3. The van der Waals surface area contributed by atoms with Crippen LogP contribution in [0.15, 0.2) is 60.4 Å². The van der Waals surface area contributed by atoms with Gasteiger partial charge in [0.25, 0.3) is 0 Å². The molecule has 7 heteroatoms. The first-order valence-corrected chi connectivity index (χ1v) is 9.87. The molecular formula is C21H20N4O2S. The molecule has 0 radical (unpaired) electrons. The van der Waals surface area contributed by atoms with Crippen molar-refractivity contribution in [3.05, 3.63) is 76.5 Å². The van der Waals surface area contributed by atoms with Crippen molar-refractivity contribution in [2.75, 3.05) is 0 Å². The highest BCUT2D eigenvalue weighted by atomic mass is 32.1. The summed E-state index contributed by atoms with van der Waals surface area (Å²) in [6.07, 6.45) is 4.57. The van der Waals surface area contributed by atoms with Crippen molar-refractivity contribution >= 4 is 28.3 Å². The highest BCUT2D eigenvalue weighted by Crippen LogP contribution is 2.21. The molecule has 0 saturated heterocycles. The number of aryl methyl sites for hydroxylation is 1. The number of benzene rings is 2. The lowest BCUT2D eigenvalue weighted by Crippen LogP contribution is -2.11. The molecule has 0 aliphatic rings. The Morgan fingerprint density at radius 3 is 2.86 bits per heavy atom. The van der Waals surface area contributed by atoms with Crippen LogP contribution in [0, 0.1) is 0 Å². The number of primary amides is 1. The molecule has 2 N–H and O–H groups in total. The molecule has 1 amide bonds. The van der Waals surface area contributed by atoms with Crippen LogP contribution in [0.5, 0.6) is 0 Å². The fraction of sp³-hybridized carbons (Fsp3) is 0.190. The number of rotatable bonds is 8. The van der Waals surface area contributed by atoms with E-state index in [9.17, 15) is 4.79 Å². The lowest BCUT2D eigenvalue weighted by Gasteiger charge is -2.08. The molecule has 2 aromatic carbocycles. The summed E-state index contributed by atoms with van der Waals surface area (Å²) in [6.45, 7) is 1.04. The Morgan fingerprint density at radius 1 is 1.11 bits per heavy atom. The molecule has 142 valence electrons. The summed E-state index contributed by atoms with van der Waals surface area (Å²) in [4.78, 5) is 19.7. The topological polar surface area (TPSA) is 83.0 Å². The molecule has 2 heterocycles. The molecule has 0 atom stereocenters. The van der Waals surface area contributed by atoms with E-state index in [2.05, 4.69) is 20.6 Å². The monoisotopic (exact) mass is 392 g/mol. The van der Waals surface area contributed by atoms with Crippen LogP contribution in [-0.2, 0) is 29.2 Å². The number of fused-ring (bicyclic) bond motifs is 1. The Labute approximate surface area is 166 Å². The smallest absolute Gasteiger partial charge is 0.217 e. The van der Waals surface area contributed by atoms with Crippen LogP contribution in [0.25, 0.3) is 16.7 Å². The maximum absolute atomic E-state index is 11.0. The number of carbonyl (C=O) groups excluding carboxylic acids is 1. The van der Waals surface area contributed by atoms with E-state index >= 15 is 0 Å². The van der Waals surface area contributed by atoms with Gasteiger partial charge in [-0.1, -0.05) is 18.2 Å². The van der Waals surface area contributed by atoms with Gasteiger partial charge in [-0.3, -0.25) is 9.36 Å². The van der Waals surface area contributed by atoms with Crippen LogP contribution in [-0.4, -0.2) is 20.4 Å². The van der Waals surface area contributed by atoms with Crippen LogP contribution in [0.1, 0.15) is 22.6 Å². The molecule has 2 aromatic heterocycles. The second kappa shape index (κ2) is 8.33. The van der Waals surface area contributed by atoms with Crippen molar-refractivity contribution in [3.63, 3.8) is 0 Å². The van der Waals surface area contributed by atoms with Crippen molar-refractivity contribution in [2.24, 2.45) is 5.73 Å². The molecule has 0 bridgehead atoms. The van der Waals surface area contributed by atoms with Gasteiger partial charge in [0.05, 0.1) is 24.2 Å². The number of imidazole rings is 1. The van der Waals surface area contributed by atoms with E-state index in [-0.39, 0.29) is 5.91 Å². The molecule has 0 saturated carbocycles. The normalized spacial score (nSPS) is 11.1. The number of carbonyl (C=O) groups is 1. The average Bonchev–Trinajstić information content (AvgIpc) is 3.36. The minimum Gasteiger partial charge on any atom is -0.370 e. The third-order valence-corrected chi connectivity index (χ3v) is 5.19. The van der Waals surface area contributed by atoms with Crippen molar-refractivity contribution in [1.82, 2.24) is 14.5 Å². The Morgan fingerprint density at radius 2 is 2.04 bits per heavy atom. The van der Waals surface area contributed by atoms with E-state index in [0.29, 0.717) is 26.1 Å². The largest absolute Gasteiger partial charge is 0.370 e. The van der Waals surface area contributed by atoms with Gasteiger partial charge in [-0.2, -0.15) is 0 Å². The van der Waals surface area contributed by atoms with Crippen LogP contribution in [0.3, 0.4) is 0 Å². The minimum atomic E-state index is -0.292. The van der Waals surface area contributed by atoms with E-state index in [4.69, 9.17) is 10.5 Å². The Bertz CT molecular complexity index is 1090. The zero-order chi connectivity index (χ0) is 19.3. The molecule has 4 rings (SSSR count). The number of aromatic nitrogens is 3. The van der Waals surface area contributed by atoms with Crippen LogP contribution >= 0.6 is 11.3 Å². The zero-order valence-corrected chi connectivity index (χ0v) is 16.1. The summed E-state index contributed by atoms with van der Waals surface area (Å²) >= 11 is 1.59. The number of thiazole rings is 1. The molecule has 0 aliphatic carbocycles. The highest BCUT2D eigenvalue weighted by molar-refractivity contribution is 7.09. The first kappa shape index (κ1) is 18.3. The Hall–Kier alpha value is -3.03. The molecule has 0 unspecified atom stereocenters. The molecule has 6 nitrogen and oxygen atoms in total. The van der Waals surface area contributed by atoms with Gasteiger partial charge in [0, 0.05) is 23.7 Å². The Kier molecular flexibility index (Phi) is 5.45. The van der Waals surface area contributed by atoms with Gasteiger partial charge in [-0.25, -0.2) is 9.97 Å². The van der Waals surface area contributed by atoms with E-state index in [1.807, 2.05) is 48.1 Å². The molecule has 0 aliphatic heterocycles. The Balaban J connectivity index is 1.50. The first-order valence-electron chi connectivity index (χ1n) is 8.99. The van der Waals surface area contributed by atoms with Crippen molar-refractivity contribution in [1.29, 1.82) is 0 Å². The number of amides is 1. The fourth-order valence-corrected chi connectivity index (χ4v) is 3.62. The second-order valence-corrected chi connectivity index (χ2v) is 7.47. The van der Waals surface area contributed by atoms with Gasteiger partial charge < -0.3 is 10.5 Å². The predicted molar refractivity (Wildman–Crippen MR) is 109 cm³/mol. The maximum atomic E-state index is 11.0. The third-order valence-electron chi connectivity index (χ3n) is 4.44. The van der Waals surface area contributed by atoms with E-state index in [0.717, 1.165) is 32.9 Å². The quantitative estimate of drug-likeness (QED) is 0.496. The highest BCUT2D eigenvalue weighted by Gasteiger charge is 2.07. The van der Waals surface area contributed by atoms with Gasteiger partial charge in [0.15, 0.2) is 0 Å². The molecular weight excluding hydrogens is 372 g/mol. The third kappa shape index (κ3) is 4.27. The molecule has 4 aromatic rings. The van der Waals surface area contributed by atoms with Gasteiger partial charge in [-0.15, -0.1) is 11.3 Å². The van der Waals surface area contributed by atoms with Crippen molar-refractivity contribution in [2.45, 2.75) is 26.1 Å². The summed E-state index contributed by atoms with van der Waals surface area (Å²) < 4.78 is 7.82. The van der Waals surface area contributed by atoms with E-state index in [1.54, 1.807) is 17.5 Å². The minimum absolute atomic E-state index is 0.292. The van der Waals surface area contributed by atoms with Crippen LogP contribution in [0.2, 0.25) is 0 Å². The standard InChI is InChI=1S/C21H20N4O2S/c22-20(26)7-5-15-4-6-19-18(11-15)24-14-25(19)17-3-1-2-16(10-17)12-27-13-21-23-8-9-28-21/h1-4,6,8-11,14H,5,7,12-13H2,(H2,22,26). The van der Waals surface area contributed by atoms with Crippen molar-refractivity contribution < 1.29 is 9.53 Å². The number of ether oxygens (including phenoxy) is 1. The number of nitrogens with two attached hydrogens (primary N) is 1. The number of hydrogen-bond acceptors (Lipinski definition) is 5. The maximum Gasteiger partial charge on any atom is 0.217 e. The number of hydrogen-bond donors (Lipinski definition) is 1. The van der Waals surface area contributed by atoms with E-state index < -0.39 is 0 Å².